The number of carbonyl (C=O) groups is 5. The number of aliphatic carboxylic acids is 1. The van der Waals surface area contributed by atoms with Gasteiger partial charge in [-0.05, 0) is 62.6 Å². The van der Waals surface area contributed by atoms with Crippen molar-refractivity contribution in [1.82, 2.24) is 10.2 Å². The molecule has 19 nitrogen and oxygen atoms in total. The summed E-state index contributed by atoms with van der Waals surface area (Å²) in [6.07, 6.45) is -1.12. The van der Waals surface area contributed by atoms with Crippen LogP contribution in [0.3, 0.4) is 0 Å². The van der Waals surface area contributed by atoms with E-state index in [1.54, 1.807) is 17.1 Å². The molecule has 3 rings (SSSR count). The van der Waals surface area contributed by atoms with E-state index in [2.05, 4.69) is 30.1 Å². The minimum Gasteiger partial charge on any atom is -0.480 e. The normalized spacial score (nSPS) is 10.7. The Kier molecular flexibility index (Phi) is 30.8. The van der Waals surface area contributed by atoms with Gasteiger partial charge in [0.05, 0.1) is 40.6 Å². The molecule has 3 aromatic carbocycles. The summed E-state index contributed by atoms with van der Waals surface area (Å²) in [6, 6.07) is 11.4. The highest BCUT2D eigenvalue weighted by Crippen LogP contribution is 2.37. The number of para-hydroxylation sites is 1. The Bertz CT molecular complexity index is 2280. The molecule has 388 valence electrons. The number of rotatable bonds is 22. The summed E-state index contributed by atoms with van der Waals surface area (Å²) in [4.78, 5) is 85.1. The predicted molar refractivity (Wildman–Crippen MR) is 257 cm³/mol. The highest BCUT2D eigenvalue weighted by Gasteiger charge is 2.31. The van der Waals surface area contributed by atoms with Gasteiger partial charge in [-0.15, -0.1) is 24.8 Å². The molecule has 0 aliphatic rings. The van der Waals surface area contributed by atoms with Crippen molar-refractivity contribution in [2.45, 2.75) is 45.1 Å². The van der Waals surface area contributed by atoms with Crippen molar-refractivity contribution in [2.75, 3.05) is 63.3 Å². The van der Waals surface area contributed by atoms with Gasteiger partial charge in [-0.25, -0.2) is 9.59 Å². The lowest BCUT2D eigenvalue weighted by Gasteiger charge is -2.25. The van der Waals surface area contributed by atoms with E-state index in [0.29, 0.717) is 25.8 Å². The number of nitro benzene ring substituents is 1. The summed E-state index contributed by atoms with van der Waals surface area (Å²) >= 11 is 22.3. The monoisotopic (exact) mass is 1090 g/mol. The van der Waals surface area contributed by atoms with Crippen LogP contribution in [0.25, 0.3) is 0 Å². The quantitative estimate of drug-likeness (QED) is 0.0139. The van der Waals surface area contributed by atoms with Crippen molar-refractivity contribution < 1.29 is 80.5 Å². The number of amides is 2. The number of carboxylic acids is 1. The number of halogens is 7. The zero-order chi connectivity index (χ0) is 53.8. The molecule has 27 heteroatoms. The molecule has 0 bridgehead atoms. The van der Waals surface area contributed by atoms with Crippen molar-refractivity contribution in [1.29, 1.82) is 0 Å². The molecule has 2 amide bonds. The number of ether oxygens (including phenoxy) is 4. The topological polar surface area (TPSA) is 262 Å². The predicted octanol–water partition coefficient (Wildman–Crippen LogP) is 8.69. The fourth-order valence-corrected chi connectivity index (χ4v) is 6.16. The first-order chi connectivity index (χ1) is 32.7. The SMILES string of the molecule is C=CCN(CC=C)C(=O)C(Cl)Cl.CCOC(=O)COC(=O)c1cc(Oc2ccc(C(F)(F)F)cc2Cl)ccc1[N+](=O)[O-].CCOCN(C(=O)CCl)c1c(C)cccc1CC.O=C(O)CNCP(=O)(O)O. The second kappa shape index (κ2) is 33.3. The fourth-order valence-electron chi connectivity index (χ4n) is 5.11. The van der Waals surface area contributed by atoms with E-state index in [9.17, 15) is 51.8 Å². The molecule has 0 aliphatic heterocycles. The first-order valence-electron chi connectivity index (χ1n) is 20.2. The van der Waals surface area contributed by atoms with Gasteiger partial charge in [-0.1, -0.05) is 72.1 Å². The average Bonchev–Trinajstić information content (AvgIpc) is 3.28. The second-order valence-corrected chi connectivity index (χ2v) is 16.8. The van der Waals surface area contributed by atoms with Crippen LogP contribution in [0.1, 0.15) is 47.8 Å². The van der Waals surface area contributed by atoms with E-state index >= 15 is 0 Å². The number of esters is 2. The highest BCUT2D eigenvalue weighted by molar-refractivity contribution is 7.51. The number of anilines is 1. The Balaban J connectivity index is 0.00000101. The lowest BCUT2D eigenvalue weighted by molar-refractivity contribution is -0.385. The number of carbonyl (C=O) groups excluding carboxylic acids is 4. The van der Waals surface area contributed by atoms with Gasteiger partial charge in [0.15, 0.2) is 11.4 Å². The van der Waals surface area contributed by atoms with Crippen LogP contribution in [0, 0.1) is 17.0 Å². The largest absolute Gasteiger partial charge is 0.480 e. The van der Waals surface area contributed by atoms with Gasteiger partial charge >= 0.3 is 31.7 Å². The van der Waals surface area contributed by atoms with E-state index in [0.717, 1.165) is 53.6 Å². The number of hydrogen-bond acceptors (Lipinski definition) is 13. The van der Waals surface area contributed by atoms with Crippen LogP contribution in [0.5, 0.6) is 11.5 Å². The number of benzene rings is 3. The number of nitrogens with one attached hydrogen (secondary N) is 1. The van der Waals surface area contributed by atoms with E-state index in [-0.39, 0.29) is 47.6 Å². The molecule has 0 aliphatic carbocycles. The Labute approximate surface area is 421 Å². The van der Waals surface area contributed by atoms with Gasteiger partial charge in [0.1, 0.15) is 29.7 Å². The lowest BCUT2D eigenvalue weighted by atomic mass is 10.0. The number of nitrogens with zero attached hydrogens (tertiary/aromatic N) is 3. The summed E-state index contributed by atoms with van der Waals surface area (Å²) in [5.41, 5.74) is 0.964. The van der Waals surface area contributed by atoms with Crippen LogP contribution in [0.2, 0.25) is 5.02 Å². The maximum atomic E-state index is 12.7. The highest BCUT2D eigenvalue weighted by atomic mass is 35.5. The second-order valence-electron chi connectivity index (χ2n) is 13.3. The van der Waals surface area contributed by atoms with Gasteiger partial charge < -0.3 is 38.7 Å². The number of aryl methyl sites for hydroxylation is 2. The molecular formula is C43H52Cl4F3N4O15P. The molecule has 0 aromatic heterocycles. The molecule has 70 heavy (non-hydrogen) atoms. The van der Waals surface area contributed by atoms with Crippen molar-refractivity contribution in [2.24, 2.45) is 0 Å². The molecular weight excluding hydrogens is 1040 g/mol. The minimum absolute atomic E-state index is 0.0371. The van der Waals surface area contributed by atoms with E-state index in [1.165, 1.54) is 11.8 Å². The van der Waals surface area contributed by atoms with Crippen LogP contribution in [-0.2, 0) is 50.6 Å². The van der Waals surface area contributed by atoms with Crippen LogP contribution in [0.15, 0.2) is 79.9 Å². The molecule has 0 heterocycles. The standard InChI is InChI=1S/C18H13ClF3NO7.C14H20ClNO2.C8H11Cl2NO.C3H8NO5P/c1-2-28-16(24)9-29-17(25)12-8-11(4-5-14(12)23(26)27)30-15-6-3-10(7-13(15)19)18(20,21)22;1-4-12-8-6-7-11(3)14(12)16(10-18-5-2)13(17)9-15;1-3-5-11(6-4-2)8(12)7(9)10;5-3(6)1-4-2-10(7,8)9/h3-8H,2,9H2,1H3;6-8H,4-5,9-10H2,1-3H3;3-4,7H,1-2,5-6H2;4H,1-2H2,(H,5,6)(H2,7,8,9). The fraction of sp³-hybridized carbons (Fsp3) is 0.372. The van der Waals surface area contributed by atoms with E-state index < -0.39 is 77.7 Å². The summed E-state index contributed by atoms with van der Waals surface area (Å²) in [6.45, 7) is 15.1. The number of alkyl halides is 6. The third kappa shape index (κ3) is 25.0. The van der Waals surface area contributed by atoms with Gasteiger partial charge in [0, 0.05) is 31.8 Å². The van der Waals surface area contributed by atoms with Crippen LogP contribution in [-0.4, -0.2) is 118 Å². The lowest BCUT2D eigenvalue weighted by Crippen LogP contribution is -2.35. The van der Waals surface area contributed by atoms with E-state index in [4.69, 9.17) is 75.5 Å². The average molecular weight is 1090 g/mol. The Morgan fingerprint density at radius 1 is 0.971 bits per heavy atom. The summed E-state index contributed by atoms with van der Waals surface area (Å²) in [5, 5.41) is 20.9. The molecule has 0 radical (unpaired) electrons. The Hall–Kier alpha value is -5.29. The maximum absolute atomic E-state index is 12.7. The van der Waals surface area contributed by atoms with Crippen LogP contribution in [0.4, 0.5) is 24.5 Å². The molecule has 0 saturated heterocycles. The molecule has 0 spiro atoms. The minimum atomic E-state index is -4.61. The van der Waals surface area contributed by atoms with Gasteiger partial charge in [0.25, 0.3) is 11.6 Å². The van der Waals surface area contributed by atoms with Crippen molar-refractivity contribution in [3.8, 4) is 11.5 Å². The number of nitro groups is 1. The van der Waals surface area contributed by atoms with Gasteiger partial charge in [0.2, 0.25) is 5.91 Å². The smallest absolute Gasteiger partial charge is 0.416 e. The number of hydrogen-bond donors (Lipinski definition) is 4. The molecule has 0 atom stereocenters. The van der Waals surface area contributed by atoms with Crippen LogP contribution < -0.4 is 15.0 Å². The summed E-state index contributed by atoms with van der Waals surface area (Å²) in [5.74, 6) is -3.99. The Morgan fingerprint density at radius 2 is 1.60 bits per heavy atom. The first kappa shape index (κ1) is 64.7. The van der Waals surface area contributed by atoms with Crippen molar-refractivity contribution in [3.05, 3.63) is 117 Å². The third-order valence-electron chi connectivity index (χ3n) is 8.10. The summed E-state index contributed by atoms with van der Waals surface area (Å²) in [7, 11) is -4.10. The van der Waals surface area contributed by atoms with Gasteiger partial charge in [-0.3, -0.25) is 39.3 Å². The zero-order valence-electron chi connectivity index (χ0n) is 38.1. The zero-order valence-corrected chi connectivity index (χ0v) is 42.0. The molecule has 3 aromatic rings. The molecule has 4 N–H and O–H groups in total. The van der Waals surface area contributed by atoms with Crippen molar-refractivity contribution >= 4 is 95.1 Å². The van der Waals surface area contributed by atoms with E-state index in [1.807, 2.05) is 32.0 Å². The maximum Gasteiger partial charge on any atom is 0.416 e. The Morgan fingerprint density at radius 3 is 2.07 bits per heavy atom. The third-order valence-corrected chi connectivity index (χ3v) is 9.63. The van der Waals surface area contributed by atoms with Crippen LogP contribution >= 0.6 is 54.0 Å². The number of carboxylic acid groups (broad SMARTS) is 1. The van der Waals surface area contributed by atoms with Crippen molar-refractivity contribution in [3.63, 3.8) is 0 Å². The summed E-state index contributed by atoms with van der Waals surface area (Å²) < 4.78 is 68.2. The first-order valence-corrected chi connectivity index (χ1v) is 23.7. The van der Waals surface area contributed by atoms with Gasteiger partial charge in [-0.2, -0.15) is 13.2 Å². The molecule has 0 fully saturated rings. The molecule has 0 saturated carbocycles. The molecule has 0 unspecified atom stereocenters.